The Morgan fingerprint density at radius 3 is 2.70 bits per heavy atom. The van der Waals surface area contributed by atoms with Crippen LogP contribution in [-0.2, 0) is 17.6 Å². The first-order valence-electron chi connectivity index (χ1n) is 13.4. The van der Waals surface area contributed by atoms with E-state index in [1.54, 1.807) is 12.4 Å². The number of fused-ring (bicyclic) bond motifs is 2. The fraction of sp³-hybridized carbons (Fsp3) is 0.400. The molecule has 1 atom stereocenters. The van der Waals surface area contributed by atoms with Gasteiger partial charge in [0.2, 0.25) is 5.91 Å². The molecule has 1 unspecified atom stereocenters. The summed E-state index contributed by atoms with van der Waals surface area (Å²) in [6.45, 7) is 6.08. The highest BCUT2D eigenvalue weighted by atomic mass is 16.2. The molecule has 1 amide bonds. The van der Waals surface area contributed by atoms with Crippen LogP contribution < -0.4 is 0 Å². The number of benzene rings is 1. The third-order valence-corrected chi connectivity index (χ3v) is 8.71. The Bertz CT molecular complexity index is 1460. The number of aryl methyl sites for hydroxylation is 2. The third kappa shape index (κ3) is 4.11. The molecule has 0 saturated carbocycles. The summed E-state index contributed by atoms with van der Waals surface area (Å²) in [5.74, 6) is 1.00. The Morgan fingerprint density at radius 1 is 1.08 bits per heavy atom. The number of pyridine rings is 1. The molecule has 7 heteroatoms. The smallest absolute Gasteiger partial charge is 0.228 e. The van der Waals surface area contributed by atoms with E-state index in [0.29, 0.717) is 17.9 Å². The molecule has 2 fully saturated rings. The van der Waals surface area contributed by atoms with Gasteiger partial charge in [0.1, 0.15) is 5.65 Å². The van der Waals surface area contributed by atoms with Crippen molar-refractivity contribution in [3.05, 3.63) is 83.6 Å². The fourth-order valence-corrected chi connectivity index (χ4v) is 6.63. The molecule has 7 rings (SSSR count). The topological polar surface area (TPSA) is 66.6 Å². The van der Waals surface area contributed by atoms with Crippen molar-refractivity contribution in [3.63, 3.8) is 0 Å². The number of amides is 1. The monoisotopic (exact) mass is 492 g/mol. The number of likely N-dealkylation sites (tertiary alicyclic amines) is 2. The van der Waals surface area contributed by atoms with Crippen molar-refractivity contribution in [2.24, 2.45) is 5.41 Å². The van der Waals surface area contributed by atoms with Crippen LogP contribution in [0.25, 0.3) is 17.0 Å². The summed E-state index contributed by atoms with van der Waals surface area (Å²) in [4.78, 5) is 31.2. The first-order valence-corrected chi connectivity index (χ1v) is 13.4. The second-order valence-corrected chi connectivity index (χ2v) is 11.2. The molecule has 1 spiro atoms. The molecule has 3 aromatic heterocycles. The third-order valence-electron chi connectivity index (χ3n) is 8.71. The van der Waals surface area contributed by atoms with E-state index in [4.69, 9.17) is 0 Å². The highest BCUT2D eigenvalue weighted by Gasteiger charge is 2.48. The van der Waals surface area contributed by atoms with E-state index in [1.807, 2.05) is 22.9 Å². The minimum atomic E-state index is 0.203. The lowest BCUT2D eigenvalue weighted by atomic mass is 9.71. The van der Waals surface area contributed by atoms with Crippen LogP contribution in [0.4, 0.5) is 0 Å². The van der Waals surface area contributed by atoms with Crippen molar-refractivity contribution in [2.45, 2.75) is 45.1 Å². The number of hydrogen-bond acceptors (Lipinski definition) is 5. The molecule has 1 aliphatic carbocycles. The SMILES string of the molecule is Cc1ccn2cc(CC(=O)N3CCC4(CC3)CN(C3CCc5cc(-c6ncccn6)ccc53)C4)nc2c1. The Morgan fingerprint density at radius 2 is 1.89 bits per heavy atom. The maximum absolute atomic E-state index is 13.0. The maximum Gasteiger partial charge on any atom is 0.228 e. The molecule has 7 nitrogen and oxygen atoms in total. The predicted octanol–water partition coefficient (Wildman–Crippen LogP) is 4.25. The van der Waals surface area contributed by atoms with Crippen LogP contribution in [-0.4, -0.2) is 61.2 Å². The first-order chi connectivity index (χ1) is 18.1. The molecule has 2 saturated heterocycles. The quantitative estimate of drug-likeness (QED) is 0.426. The number of aromatic nitrogens is 4. The van der Waals surface area contributed by atoms with Gasteiger partial charge in [-0.05, 0) is 79.0 Å². The molecular formula is C30H32N6O. The Balaban J connectivity index is 0.951. The molecule has 0 radical (unpaired) electrons. The van der Waals surface area contributed by atoms with E-state index >= 15 is 0 Å². The van der Waals surface area contributed by atoms with Gasteiger partial charge >= 0.3 is 0 Å². The molecule has 4 aromatic rings. The van der Waals surface area contributed by atoms with Gasteiger partial charge < -0.3 is 9.30 Å². The lowest BCUT2D eigenvalue weighted by Crippen LogP contribution is -2.61. The number of imidazole rings is 1. The van der Waals surface area contributed by atoms with Gasteiger partial charge in [-0.25, -0.2) is 15.0 Å². The molecule has 37 heavy (non-hydrogen) atoms. The number of nitrogens with zero attached hydrogens (tertiary/aromatic N) is 6. The summed E-state index contributed by atoms with van der Waals surface area (Å²) < 4.78 is 2.00. The minimum absolute atomic E-state index is 0.203. The van der Waals surface area contributed by atoms with Crippen molar-refractivity contribution in [2.75, 3.05) is 26.2 Å². The highest BCUT2D eigenvalue weighted by Crippen LogP contribution is 2.48. The van der Waals surface area contributed by atoms with Crippen molar-refractivity contribution in [1.29, 1.82) is 0 Å². The van der Waals surface area contributed by atoms with Gasteiger partial charge in [-0.2, -0.15) is 0 Å². The Hall–Kier alpha value is -3.58. The number of hydrogen-bond donors (Lipinski definition) is 0. The summed E-state index contributed by atoms with van der Waals surface area (Å²) in [5.41, 5.74) is 7.34. The van der Waals surface area contributed by atoms with Gasteiger partial charge in [0.15, 0.2) is 5.82 Å². The van der Waals surface area contributed by atoms with Crippen LogP contribution in [0.1, 0.15) is 47.7 Å². The lowest BCUT2D eigenvalue weighted by molar-refractivity contribution is -0.136. The number of piperidine rings is 1. The Labute approximate surface area is 217 Å². The molecule has 0 N–H and O–H groups in total. The van der Waals surface area contributed by atoms with Gasteiger partial charge in [0.05, 0.1) is 12.1 Å². The Kier molecular flexibility index (Phi) is 5.36. The van der Waals surface area contributed by atoms with E-state index in [2.05, 4.69) is 62.0 Å². The summed E-state index contributed by atoms with van der Waals surface area (Å²) in [6.07, 6.45) is 12.5. The number of rotatable bonds is 4. The predicted molar refractivity (Wildman–Crippen MR) is 142 cm³/mol. The lowest BCUT2D eigenvalue weighted by Gasteiger charge is -2.56. The molecule has 5 heterocycles. The van der Waals surface area contributed by atoms with E-state index in [0.717, 1.165) is 68.2 Å². The largest absolute Gasteiger partial charge is 0.342 e. The number of carbonyl (C=O) groups is 1. The van der Waals surface area contributed by atoms with Crippen molar-refractivity contribution >= 4 is 11.6 Å². The van der Waals surface area contributed by atoms with Crippen molar-refractivity contribution < 1.29 is 4.79 Å². The molecule has 1 aromatic carbocycles. The van der Waals surface area contributed by atoms with Crippen molar-refractivity contribution in [1.82, 2.24) is 29.2 Å². The molecule has 3 aliphatic rings. The van der Waals surface area contributed by atoms with E-state index < -0.39 is 0 Å². The van der Waals surface area contributed by atoms with Crippen LogP contribution in [0.2, 0.25) is 0 Å². The van der Waals surface area contributed by atoms with Gasteiger partial charge in [-0.15, -0.1) is 0 Å². The average Bonchev–Trinajstić information content (AvgIpc) is 3.50. The summed E-state index contributed by atoms with van der Waals surface area (Å²) in [5, 5.41) is 0. The second-order valence-electron chi connectivity index (χ2n) is 11.2. The van der Waals surface area contributed by atoms with Crippen molar-refractivity contribution in [3.8, 4) is 11.4 Å². The van der Waals surface area contributed by atoms with Crippen LogP contribution in [0.15, 0.2) is 61.2 Å². The minimum Gasteiger partial charge on any atom is -0.342 e. The maximum atomic E-state index is 13.0. The molecular weight excluding hydrogens is 460 g/mol. The summed E-state index contributed by atoms with van der Waals surface area (Å²) >= 11 is 0. The standard InChI is InChI=1S/C30H32N6O/c1-21-7-12-35-18-24(33-27(35)15-21)17-28(37)34-13-8-30(9-14-34)19-36(20-30)26-6-4-22-16-23(3-5-25(22)26)29-31-10-2-11-32-29/h2-3,5,7,10-12,15-16,18,26H,4,6,8-9,13-14,17,19-20H2,1H3. The van der Waals surface area contributed by atoms with Gasteiger partial charge in [-0.3, -0.25) is 9.69 Å². The number of carbonyl (C=O) groups excluding carboxylic acids is 1. The van der Waals surface area contributed by atoms with E-state index in [9.17, 15) is 4.79 Å². The molecule has 2 aliphatic heterocycles. The summed E-state index contributed by atoms with van der Waals surface area (Å²) in [7, 11) is 0. The second kappa shape index (κ2) is 8.77. The summed E-state index contributed by atoms with van der Waals surface area (Å²) in [6, 6.07) is 13.3. The molecule has 188 valence electrons. The van der Waals surface area contributed by atoms with Gasteiger partial charge in [0, 0.05) is 62.6 Å². The van der Waals surface area contributed by atoms with Crippen LogP contribution in [0, 0.1) is 12.3 Å². The van der Waals surface area contributed by atoms with E-state index in [-0.39, 0.29) is 5.91 Å². The zero-order valence-corrected chi connectivity index (χ0v) is 21.3. The first kappa shape index (κ1) is 22.6. The zero-order valence-electron chi connectivity index (χ0n) is 21.3. The van der Waals surface area contributed by atoms with Crippen LogP contribution in [0.3, 0.4) is 0 Å². The zero-order chi connectivity index (χ0) is 25.0. The van der Waals surface area contributed by atoms with Crippen LogP contribution in [0.5, 0.6) is 0 Å². The normalized spacial score (nSPS) is 20.8. The fourth-order valence-electron chi connectivity index (χ4n) is 6.63. The van der Waals surface area contributed by atoms with Gasteiger partial charge in [-0.1, -0.05) is 12.1 Å². The molecule has 0 bridgehead atoms. The average molecular weight is 493 g/mol. The van der Waals surface area contributed by atoms with Crippen LogP contribution >= 0.6 is 0 Å². The highest BCUT2D eigenvalue weighted by molar-refractivity contribution is 5.78. The van der Waals surface area contributed by atoms with E-state index in [1.165, 1.54) is 23.1 Å². The van der Waals surface area contributed by atoms with Gasteiger partial charge in [0.25, 0.3) is 0 Å².